The molecule has 3 heteroatoms. The van der Waals surface area contributed by atoms with E-state index in [2.05, 4.69) is 18.2 Å². The number of methoxy groups -OCH3 is 1. The highest BCUT2D eigenvalue weighted by Gasteiger charge is 2.16. The van der Waals surface area contributed by atoms with Crippen LogP contribution >= 0.6 is 0 Å². The molecular weight excluding hydrogens is 214 g/mol. The van der Waals surface area contributed by atoms with Gasteiger partial charge in [-0.2, -0.15) is 0 Å². The van der Waals surface area contributed by atoms with Gasteiger partial charge in [0.2, 0.25) is 0 Å². The molecule has 1 aromatic carbocycles. The molecule has 2 unspecified atom stereocenters. The van der Waals surface area contributed by atoms with Crippen LogP contribution in [0.1, 0.15) is 23.1 Å². The highest BCUT2D eigenvalue weighted by Crippen LogP contribution is 2.23. The van der Waals surface area contributed by atoms with E-state index in [9.17, 15) is 5.11 Å². The van der Waals surface area contributed by atoms with Crippen LogP contribution in [0.5, 0.6) is 0 Å². The Hall–Kier alpha value is -0.900. The Morgan fingerprint density at radius 3 is 2.88 bits per heavy atom. The Balaban J connectivity index is 1.99. The van der Waals surface area contributed by atoms with Crippen LogP contribution in [0.2, 0.25) is 0 Å². The van der Waals surface area contributed by atoms with Crippen LogP contribution in [0.4, 0.5) is 0 Å². The minimum atomic E-state index is -0.590. The third kappa shape index (κ3) is 3.06. The molecule has 0 radical (unpaired) electrons. The minimum Gasteiger partial charge on any atom is -0.389 e. The summed E-state index contributed by atoms with van der Waals surface area (Å²) in [5, 5.41) is 9.72. The van der Waals surface area contributed by atoms with E-state index in [1.807, 2.05) is 0 Å². The summed E-state index contributed by atoms with van der Waals surface area (Å²) in [6, 6.07) is 6.31. The Labute approximate surface area is 103 Å². The number of hydrogen-bond donors (Lipinski definition) is 2. The van der Waals surface area contributed by atoms with Crippen LogP contribution in [0.15, 0.2) is 18.2 Å². The van der Waals surface area contributed by atoms with Gasteiger partial charge in [0.05, 0.1) is 12.7 Å². The summed E-state index contributed by atoms with van der Waals surface area (Å²) in [5.41, 5.74) is 10.1. The molecule has 0 aliphatic heterocycles. The molecule has 17 heavy (non-hydrogen) atoms. The van der Waals surface area contributed by atoms with Crippen LogP contribution in [0.25, 0.3) is 0 Å². The molecule has 0 saturated carbocycles. The van der Waals surface area contributed by atoms with Crippen LogP contribution in [0.3, 0.4) is 0 Å². The lowest BCUT2D eigenvalue weighted by molar-refractivity contribution is 0.0480. The van der Waals surface area contributed by atoms with Gasteiger partial charge in [-0.1, -0.05) is 18.2 Å². The van der Waals surface area contributed by atoms with Gasteiger partial charge in [0, 0.05) is 13.2 Å². The molecule has 2 rings (SSSR count). The highest BCUT2D eigenvalue weighted by molar-refractivity contribution is 5.35. The van der Waals surface area contributed by atoms with Crippen LogP contribution in [0, 0.1) is 0 Å². The second-order valence-corrected chi connectivity index (χ2v) is 4.85. The van der Waals surface area contributed by atoms with Gasteiger partial charge in [0.15, 0.2) is 0 Å². The van der Waals surface area contributed by atoms with E-state index in [-0.39, 0.29) is 6.04 Å². The van der Waals surface area contributed by atoms with E-state index < -0.39 is 6.10 Å². The molecule has 0 spiro atoms. The number of aliphatic hydroxyl groups is 1. The first-order chi connectivity index (χ1) is 8.20. The topological polar surface area (TPSA) is 55.5 Å². The molecule has 3 nitrogen and oxygen atoms in total. The van der Waals surface area contributed by atoms with Crippen molar-refractivity contribution in [3.8, 4) is 0 Å². The van der Waals surface area contributed by atoms with E-state index >= 15 is 0 Å². The predicted octanol–water partition coefficient (Wildman–Crippen LogP) is 1.05. The van der Waals surface area contributed by atoms with Gasteiger partial charge >= 0.3 is 0 Å². The largest absolute Gasteiger partial charge is 0.389 e. The van der Waals surface area contributed by atoms with Crippen LogP contribution in [-0.4, -0.2) is 31.0 Å². The number of benzene rings is 1. The van der Waals surface area contributed by atoms with Crippen molar-refractivity contribution in [2.45, 2.75) is 37.8 Å². The van der Waals surface area contributed by atoms with Crippen molar-refractivity contribution < 1.29 is 9.84 Å². The van der Waals surface area contributed by atoms with Gasteiger partial charge in [0.25, 0.3) is 0 Å². The molecule has 0 aromatic heterocycles. The predicted molar refractivity (Wildman–Crippen MR) is 68.0 cm³/mol. The lowest BCUT2D eigenvalue weighted by atomic mass is 9.99. The van der Waals surface area contributed by atoms with Crippen molar-refractivity contribution in [3.05, 3.63) is 34.9 Å². The SMILES string of the molecule is COCC(O)C(N)Cc1ccc2c(c1)CCC2. The number of hydrogen-bond acceptors (Lipinski definition) is 3. The normalized spacial score (nSPS) is 17.8. The quantitative estimate of drug-likeness (QED) is 0.802. The maximum atomic E-state index is 9.72. The van der Waals surface area contributed by atoms with Crippen LogP contribution in [-0.2, 0) is 24.0 Å². The van der Waals surface area contributed by atoms with E-state index in [0.29, 0.717) is 13.0 Å². The fourth-order valence-corrected chi connectivity index (χ4v) is 2.45. The smallest absolute Gasteiger partial charge is 0.0927 e. The molecule has 0 amide bonds. The van der Waals surface area contributed by atoms with Gasteiger partial charge < -0.3 is 15.6 Å². The maximum Gasteiger partial charge on any atom is 0.0927 e. The summed E-state index contributed by atoms with van der Waals surface area (Å²) >= 11 is 0. The third-order valence-corrected chi connectivity index (χ3v) is 3.47. The fourth-order valence-electron chi connectivity index (χ4n) is 2.45. The number of nitrogens with two attached hydrogens (primary N) is 1. The average molecular weight is 235 g/mol. The fraction of sp³-hybridized carbons (Fsp3) is 0.571. The first-order valence-electron chi connectivity index (χ1n) is 6.24. The van der Waals surface area contributed by atoms with E-state index in [0.717, 1.165) is 0 Å². The molecule has 1 aromatic rings. The van der Waals surface area contributed by atoms with Gasteiger partial charge in [-0.15, -0.1) is 0 Å². The number of fused-ring (bicyclic) bond motifs is 1. The Morgan fingerprint density at radius 2 is 2.12 bits per heavy atom. The highest BCUT2D eigenvalue weighted by atomic mass is 16.5. The molecule has 94 valence electrons. The van der Waals surface area contributed by atoms with E-state index in [4.69, 9.17) is 10.5 Å². The molecule has 1 aliphatic rings. The Kier molecular flexibility index (Phi) is 4.15. The maximum absolute atomic E-state index is 9.72. The molecule has 0 bridgehead atoms. The molecule has 2 atom stereocenters. The summed E-state index contributed by atoms with van der Waals surface area (Å²) in [4.78, 5) is 0. The van der Waals surface area contributed by atoms with Gasteiger partial charge in [-0.05, 0) is 42.4 Å². The zero-order valence-corrected chi connectivity index (χ0v) is 10.4. The second-order valence-electron chi connectivity index (χ2n) is 4.85. The summed E-state index contributed by atoms with van der Waals surface area (Å²) in [6.45, 7) is 0.298. The lowest BCUT2D eigenvalue weighted by Gasteiger charge is -2.18. The van der Waals surface area contributed by atoms with Gasteiger partial charge in [-0.25, -0.2) is 0 Å². The molecular formula is C14H21NO2. The standard InChI is InChI=1S/C14H21NO2/c1-17-9-14(16)13(15)8-10-5-6-11-3-2-4-12(11)7-10/h5-7,13-14,16H,2-4,8-9,15H2,1H3. The number of aliphatic hydroxyl groups excluding tert-OH is 1. The lowest BCUT2D eigenvalue weighted by Crippen LogP contribution is -2.39. The average Bonchev–Trinajstić information content (AvgIpc) is 2.76. The molecule has 3 N–H and O–H groups in total. The molecule has 1 aliphatic carbocycles. The first kappa shape index (κ1) is 12.6. The molecule has 0 fully saturated rings. The molecule has 0 heterocycles. The summed E-state index contributed by atoms with van der Waals surface area (Å²) in [7, 11) is 1.57. The number of ether oxygens (including phenoxy) is 1. The van der Waals surface area contributed by atoms with Crippen molar-refractivity contribution in [2.24, 2.45) is 5.73 Å². The first-order valence-corrected chi connectivity index (χ1v) is 6.24. The van der Waals surface area contributed by atoms with Crippen molar-refractivity contribution in [3.63, 3.8) is 0 Å². The summed E-state index contributed by atoms with van der Waals surface area (Å²) in [6.07, 6.45) is 3.76. The van der Waals surface area contributed by atoms with Crippen molar-refractivity contribution in [1.82, 2.24) is 0 Å². The Morgan fingerprint density at radius 1 is 1.35 bits per heavy atom. The summed E-state index contributed by atoms with van der Waals surface area (Å²) < 4.78 is 4.91. The zero-order valence-electron chi connectivity index (χ0n) is 10.4. The second kappa shape index (κ2) is 5.63. The Bertz CT molecular complexity index is 378. The summed E-state index contributed by atoms with van der Waals surface area (Å²) in [5.74, 6) is 0. The molecule has 0 saturated heterocycles. The van der Waals surface area contributed by atoms with Crippen molar-refractivity contribution in [1.29, 1.82) is 0 Å². The minimum absolute atomic E-state index is 0.255. The van der Waals surface area contributed by atoms with Crippen molar-refractivity contribution >= 4 is 0 Å². The van der Waals surface area contributed by atoms with Gasteiger partial charge in [0.1, 0.15) is 0 Å². The van der Waals surface area contributed by atoms with Gasteiger partial charge in [-0.3, -0.25) is 0 Å². The zero-order chi connectivity index (χ0) is 12.3. The number of aryl methyl sites for hydroxylation is 2. The van der Waals surface area contributed by atoms with Crippen molar-refractivity contribution in [2.75, 3.05) is 13.7 Å². The van der Waals surface area contributed by atoms with Crippen LogP contribution < -0.4 is 5.73 Å². The number of rotatable bonds is 5. The van der Waals surface area contributed by atoms with E-state index in [1.165, 1.54) is 36.0 Å². The monoisotopic (exact) mass is 235 g/mol. The van der Waals surface area contributed by atoms with E-state index in [1.54, 1.807) is 7.11 Å². The third-order valence-electron chi connectivity index (χ3n) is 3.47.